The van der Waals surface area contributed by atoms with Gasteiger partial charge in [-0.2, -0.15) is 0 Å². The first-order valence-corrected chi connectivity index (χ1v) is 4.90. The Hall–Kier alpha value is -0.760. The van der Waals surface area contributed by atoms with Crippen LogP contribution in [0.25, 0.3) is 0 Å². The Morgan fingerprint density at radius 2 is 2.08 bits per heavy atom. The number of likely N-dealkylation sites (N-methyl/N-ethyl adjacent to an activating group) is 1. The van der Waals surface area contributed by atoms with Gasteiger partial charge in [-0.15, -0.1) is 0 Å². The maximum absolute atomic E-state index is 2.26. The highest BCUT2D eigenvalue weighted by atomic mass is 15.1. The molecule has 0 atom stereocenters. The first-order chi connectivity index (χ1) is 6.09. The van der Waals surface area contributed by atoms with E-state index in [2.05, 4.69) is 55.9 Å². The molecule has 0 saturated heterocycles. The molecule has 0 aliphatic heterocycles. The molecular weight excluding hydrogens is 160 g/mol. The van der Waals surface area contributed by atoms with Crippen molar-refractivity contribution in [1.29, 1.82) is 0 Å². The summed E-state index contributed by atoms with van der Waals surface area (Å²) >= 11 is 0. The van der Waals surface area contributed by atoms with Crippen molar-refractivity contribution in [2.45, 2.75) is 26.3 Å². The topological polar surface area (TPSA) is 8.17 Å². The average molecular weight is 180 g/mol. The van der Waals surface area contributed by atoms with Gasteiger partial charge in [0.15, 0.2) is 0 Å². The van der Waals surface area contributed by atoms with E-state index in [0.717, 1.165) is 13.1 Å². The third-order valence-corrected chi connectivity index (χ3v) is 2.25. The Balaban J connectivity index is 2.49. The zero-order chi connectivity index (χ0) is 9.84. The molecule has 0 unspecified atom stereocenters. The van der Waals surface area contributed by atoms with Gasteiger partial charge in [0.1, 0.15) is 0 Å². The molecule has 0 aromatic carbocycles. The lowest BCUT2D eigenvalue weighted by molar-refractivity contribution is 0.384. The van der Waals surface area contributed by atoms with Gasteiger partial charge >= 0.3 is 0 Å². The van der Waals surface area contributed by atoms with Gasteiger partial charge in [0.2, 0.25) is 0 Å². The van der Waals surface area contributed by atoms with Crippen molar-refractivity contribution in [3.05, 3.63) is 24.0 Å². The lowest BCUT2D eigenvalue weighted by Crippen LogP contribution is -2.17. The molecule has 2 nitrogen and oxygen atoms in total. The Morgan fingerprint density at radius 3 is 2.54 bits per heavy atom. The minimum atomic E-state index is 0.639. The van der Waals surface area contributed by atoms with Crippen LogP contribution in [0.4, 0.5) is 0 Å². The number of hydrogen-bond acceptors (Lipinski definition) is 1. The minimum absolute atomic E-state index is 0.639. The summed E-state index contributed by atoms with van der Waals surface area (Å²) in [6.45, 7) is 6.64. The molecule has 13 heavy (non-hydrogen) atoms. The van der Waals surface area contributed by atoms with Crippen LogP contribution in [0.5, 0.6) is 0 Å². The fourth-order valence-electron chi connectivity index (χ4n) is 1.26. The molecule has 0 amide bonds. The van der Waals surface area contributed by atoms with Gasteiger partial charge in [0.25, 0.3) is 0 Å². The lowest BCUT2D eigenvalue weighted by atomic mass is 10.1. The van der Waals surface area contributed by atoms with Crippen LogP contribution in [0.15, 0.2) is 18.5 Å². The van der Waals surface area contributed by atoms with E-state index in [4.69, 9.17) is 0 Å². The Bertz CT molecular complexity index is 248. The summed E-state index contributed by atoms with van der Waals surface area (Å²) in [7, 11) is 4.21. The van der Waals surface area contributed by atoms with Crippen LogP contribution in [0.3, 0.4) is 0 Å². The predicted octanol–water partition coefficient (Wildman–Crippen LogP) is 2.17. The van der Waals surface area contributed by atoms with E-state index in [1.165, 1.54) is 5.56 Å². The Morgan fingerprint density at radius 1 is 1.38 bits per heavy atom. The number of nitrogens with zero attached hydrogens (tertiary/aromatic N) is 2. The van der Waals surface area contributed by atoms with Crippen LogP contribution in [-0.2, 0) is 6.54 Å². The van der Waals surface area contributed by atoms with Gasteiger partial charge in [-0.3, -0.25) is 0 Å². The highest BCUT2D eigenvalue weighted by molar-refractivity contribution is 5.14. The molecular formula is C11H20N2. The molecule has 0 saturated carbocycles. The molecule has 0 N–H and O–H groups in total. The SMILES string of the molecule is CC(C)c1ccn(CCN(C)C)c1. The van der Waals surface area contributed by atoms with Gasteiger partial charge < -0.3 is 9.47 Å². The maximum atomic E-state index is 2.26. The fourth-order valence-corrected chi connectivity index (χ4v) is 1.26. The predicted molar refractivity (Wildman–Crippen MR) is 57.1 cm³/mol. The molecule has 0 radical (unpaired) electrons. The summed E-state index contributed by atoms with van der Waals surface area (Å²) < 4.78 is 2.26. The van der Waals surface area contributed by atoms with Crippen LogP contribution in [-0.4, -0.2) is 30.1 Å². The molecule has 2 heteroatoms. The van der Waals surface area contributed by atoms with Crippen molar-refractivity contribution in [2.75, 3.05) is 20.6 Å². The van der Waals surface area contributed by atoms with Crippen LogP contribution >= 0.6 is 0 Å². The molecule has 0 fully saturated rings. The van der Waals surface area contributed by atoms with Crippen molar-refractivity contribution in [3.8, 4) is 0 Å². The second-order valence-corrected chi connectivity index (χ2v) is 4.14. The zero-order valence-electron chi connectivity index (χ0n) is 9.12. The van der Waals surface area contributed by atoms with E-state index in [-0.39, 0.29) is 0 Å². The van der Waals surface area contributed by atoms with E-state index in [1.807, 2.05) is 0 Å². The standard InChI is InChI=1S/C11H20N2/c1-10(2)11-5-6-13(9-11)8-7-12(3)4/h5-6,9-10H,7-8H2,1-4H3. The molecule has 1 aromatic rings. The van der Waals surface area contributed by atoms with Crippen LogP contribution < -0.4 is 0 Å². The number of aromatic nitrogens is 1. The highest BCUT2D eigenvalue weighted by Crippen LogP contribution is 2.13. The van der Waals surface area contributed by atoms with Crippen molar-refractivity contribution < 1.29 is 0 Å². The van der Waals surface area contributed by atoms with Gasteiger partial charge in [0.05, 0.1) is 0 Å². The average Bonchev–Trinajstić information content (AvgIpc) is 2.48. The maximum Gasteiger partial charge on any atom is 0.0347 e. The quantitative estimate of drug-likeness (QED) is 0.689. The smallest absolute Gasteiger partial charge is 0.0347 e. The molecule has 0 aliphatic rings. The van der Waals surface area contributed by atoms with E-state index >= 15 is 0 Å². The van der Waals surface area contributed by atoms with Crippen molar-refractivity contribution >= 4 is 0 Å². The molecule has 1 aromatic heterocycles. The van der Waals surface area contributed by atoms with Gasteiger partial charge in [-0.1, -0.05) is 13.8 Å². The molecule has 1 heterocycles. The molecule has 0 spiro atoms. The summed E-state index contributed by atoms with van der Waals surface area (Å²) in [5.74, 6) is 0.639. The zero-order valence-corrected chi connectivity index (χ0v) is 9.12. The lowest BCUT2D eigenvalue weighted by Gasteiger charge is -2.09. The summed E-state index contributed by atoms with van der Waals surface area (Å²) in [5, 5.41) is 0. The monoisotopic (exact) mass is 180 g/mol. The second kappa shape index (κ2) is 4.47. The second-order valence-electron chi connectivity index (χ2n) is 4.14. The van der Waals surface area contributed by atoms with Crippen molar-refractivity contribution in [2.24, 2.45) is 0 Å². The first kappa shape index (κ1) is 10.3. The van der Waals surface area contributed by atoms with E-state index in [1.54, 1.807) is 0 Å². The molecule has 74 valence electrons. The number of rotatable bonds is 4. The van der Waals surface area contributed by atoms with Gasteiger partial charge in [-0.25, -0.2) is 0 Å². The van der Waals surface area contributed by atoms with Gasteiger partial charge in [-0.05, 0) is 31.6 Å². The van der Waals surface area contributed by atoms with E-state index in [0.29, 0.717) is 5.92 Å². The molecule has 0 aliphatic carbocycles. The van der Waals surface area contributed by atoms with Crippen LogP contribution in [0, 0.1) is 0 Å². The van der Waals surface area contributed by atoms with Crippen molar-refractivity contribution in [3.63, 3.8) is 0 Å². The fraction of sp³-hybridized carbons (Fsp3) is 0.636. The Labute approximate surface area is 81.2 Å². The largest absolute Gasteiger partial charge is 0.353 e. The van der Waals surface area contributed by atoms with Crippen LogP contribution in [0.2, 0.25) is 0 Å². The summed E-state index contributed by atoms with van der Waals surface area (Å²) in [5.41, 5.74) is 1.43. The van der Waals surface area contributed by atoms with Crippen molar-refractivity contribution in [1.82, 2.24) is 9.47 Å². The van der Waals surface area contributed by atoms with Gasteiger partial charge in [0, 0.05) is 25.5 Å². The number of hydrogen-bond donors (Lipinski definition) is 0. The molecule has 1 rings (SSSR count). The first-order valence-electron chi connectivity index (χ1n) is 4.90. The minimum Gasteiger partial charge on any atom is -0.353 e. The summed E-state index contributed by atoms with van der Waals surface area (Å²) in [4.78, 5) is 2.20. The van der Waals surface area contributed by atoms with Crippen LogP contribution in [0.1, 0.15) is 25.3 Å². The summed E-state index contributed by atoms with van der Waals surface area (Å²) in [6, 6.07) is 2.21. The molecule has 0 bridgehead atoms. The third kappa shape index (κ3) is 3.23. The van der Waals surface area contributed by atoms with E-state index < -0.39 is 0 Å². The third-order valence-electron chi connectivity index (χ3n) is 2.25. The highest BCUT2D eigenvalue weighted by Gasteiger charge is 2.00. The van der Waals surface area contributed by atoms with E-state index in [9.17, 15) is 0 Å². The normalized spacial score (nSPS) is 11.5. The Kier molecular flexibility index (Phi) is 3.55. The summed E-state index contributed by atoms with van der Waals surface area (Å²) in [6.07, 6.45) is 4.41.